The number of ether oxygens (including phenoxy) is 6. The lowest BCUT2D eigenvalue weighted by atomic mass is 10.00. The standard InChI is InChI=1S/C17H28N3O4P.C16H26N3O4P.C15H26N3O4P.C15H26N3O2P.C15H24N3O2P/c1-11-18-14(19-12(2)21)7-9-20(11)17-16(23-3)15(22)13(24-17)8-10-25(4,5)6;1-10-17-13(18-11(2)20)6-8-19(10)16-15(22)14(21)12(23-16)7-9-24(3,4)5;1-9-17-14(16)11(21-2)8-18(9)15-13(20)12(19)10(22-15)6-7-23(3,4)5;1-10-14(19)12(7-9-21(3,4)5)20-15(10)18-8-6-13(16)17-11(18)2;1-10-17-13(16)5-7-18(10)12-9-11(14(19)15(12)20)6-8-21(2,3)4/h7,9,13,15-17,22H,1,4,8,10H2,2-3,5-6H3,(H,18,19,21);6,8,12,14-16,21-22H,1,3,7,9H2,2,4-5H3,(H,17,18,20);8,10,12-13,15,19-20H,1,3,6-7H2,2,4-5H3,(H2,16,17);6,8,10,12,14-15,19H,2-3,7,9H2,1,4-5H3,(H2,16,17);5,7,9,12,14-15,19-20H,1-2,6,8H2,3-4H3,(H2,16,17)/t13-,15-,16-,17?;12-,14-,15-,16?;10-,12-,13-,15?;10-,12-,14+,15?;12?,14-,15+/m11111/s1. The molecule has 9 heterocycles. The van der Waals surface area contributed by atoms with Crippen LogP contribution < -0.4 is 27.8 Å². The van der Waals surface area contributed by atoms with Crippen LogP contribution in [0, 0.1) is 5.92 Å². The second kappa shape index (κ2) is 40.9. The third-order valence-electron chi connectivity index (χ3n) is 19.6. The molecule has 1 aliphatic carbocycles. The zero-order valence-electron chi connectivity index (χ0n) is 69.2. The van der Waals surface area contributed by atoms with Gasteiger partial charge in [0.25, 0.3) is 0 Å². The second-order valence-corrected chi connectivity index (χ2v) is 54.7. The largest absolute Gasteiger partial charge is 0.491 e. The topological polar surface area (TPSA) is 431 Å². The van der Waals surface area contributed by atoms with Crippen LogP contribution in [-0.4, -0.2) is 360 Å². The second-order valence-electron chi connectivity index (χ2n) is 33.1. The molecule has 36 heteroatoms. The van der Waals surface area contributed by atoms with Gasteiger partial charge in [-0.3, -0.25) is 9.59 Å². The number of carbonyl (C=O) groups excluding carboxylic acids is 2. The van der Waals surface area contributed by atoms with Gasteiger partial charge in [0, 0.05) is 51.7 Å². The summed E-state index contributed by atoms with van der Waals surface area (Å²) < 4.78 is 34.5. The van der Waals surface area contributed by atoms with Crippen LogP contribution in [0.15, 0.2) is 160 Å². The molecule has 0 aromatic carbocycles. The molecule has 0 aromatic rings. The van der Waals surface area contributed by atoms with Gasteiger partial charge in [0.15, 0.2) is 30.3 Å². The predicted octanol–water partition coefficient (Wildman–Crippen LogP) is 3.79. The van der Waals surface area contributed by atoms with Gasteiger partial charge in [-0.05, 0) is 159 Å². The molecule has 4 fully saturated rings. The Morgan fingerprint density at radius 3 is 1.21 bits per heavy atom. The van der Waals surface area contributed by atoms with Crippen molar-refractivity contribution < 1.29 is 78.9 Å². The molecule has 10 aliphatic rings. The number of hydrogen-bond donors (Lipinski definition) is 13. The minimum Gasteiger partial charge on any atom is -0.491 e. The van der Waals surface area contributed by atoms with Gasteiger partial charge in [-0.1, -0.05) is 45.9 Å². The molecule has 2 amide bonds. The van der Waals surface area contributed by atoms with Crippen molar-refractivity contribution in [2.45, 2.75) is 163 Å². The van der Waals surface area contributed by atoms with Gasteiger partial charge in [-0.15, -0.1) is 65.9 Å². The van der Waals surface area contributed by atoms with E-state index < -0.39 is 120 Å². The first-order valence-electron chi connectivity index (χ1n) is 37.5. The Morgan fingerprint density at radius 1 is 0.465 bits per heavy atom. The van der Waals surface area contributed by atoms with Crippen molar-refractivity contribution >= 4 is 107 Å². The van der Waals surface area contributed by atoms with Crippen molar-refractivity contribution in [2.75, 3.05) is 112 Å². The molecule has 0 radical (unpaired) electrons. The zero-order valence-corrected chi connectivity index (χ0v) is 73.6. The number of nitrogens with two attached hydrogens (primary N) is 3. The van der Waals surface area contributed by atoms with Crippen LogP contribution in [0.1, 0.15) is 52.9 Å². The molecule has 0 aromatic heterocycles. The van der Waals surface area contributed by atoms with Crippen LogP contribution in [0.5, 0.6) is 0 Å². The highest BCUT2D eigenvalue weighted by atomic mass is 31.2. The Balaban J connectivity index is 0.000000222. The first kappa shape index (κ1) is 96.4. The number of methoxy groups -OCH3 is 2. The van der Waals surface area contributed by atoms with E-state index >= 15 is 0 Å². The maximum absolute atomic E-state index is 11.1. The lowest BCUT2D eigenvalue weighted by Gasteiger charge is -2.32. The van der Waals surface area contributed by atoms with E-state index in [0.717, 1.165) is 55.6 Å². The smallest absolute Gasteiger partial charge is 0.222 e. The molecular weight excluding hydrogens is 1560 g/mol. The molecule has 16 N–H and O–H groups in total. The van der Waals surface area contributed by atoms with Crippen molar-refractivity contribution in [1.29, 1.82) is 0 Å². The number of nitrogens with one attached hydrogen (secondary N) is 2. The summed E-state index contributed by atoms with van der Waals surface area (Å²) >= 11 is 0. The van der Waals surface area contributed by atoms with E-state index in [0.29, 0.717) is 71.0 Å². The van der Waals surface area contributed by atoms with Gasteiger partial charge in [0.2, 0.25) is 11.8 Å². The molecule has 114 heavy (non-hydrogen) atoms. The molecule has 0 spiro atoms. The maximum atomic E-state index is 11.1. The summed E-state index contributed by atoms with van der Waals surface area (Å²) in [4.78, 5) is 51.4. The van der Waals surface area contributed by atoms with E-state index in [1.54, 1.807) is 70.9 Å². The van der Waals surface area contributed by atoms with E-state index in [1.807, 2.05) is 24.1 Å². The first-order valence-corrected chi connectivity index (χ1v) is 52.8. The van der Waals surface area contributed by atoms with Crippen molar-refractivity contribution in [2.24, 2.45) is 48.1 Å². The average molecular weight is 1690 g/mol. The minimum atomic E-state index is -1.23. The fourth-order valence-electron chi connectivity index (χ4n) is 13.2. The van der Waals surface area contributed by atoms with Crippen LogP contribution >= 0.6 is 34.4 Å². The van der Waals surface area contributed by atoms with Crippen molar-refractivity contribution in [3.8, 4) is 0 Å². The molecule has 19 atom stereocenters. The van der Waals surface area contributed by atoms with Gasteiger partial charge >= 0.3 is 0 Å². The number of hydrogen-bond acceptors (Lipinski definition) is 29. The fourth-order valence-corrected chi connectivity index (χ4v) is 17.9. The summed E-state index contributed by atoms with van der Waals surface area (Å²) in [6.07, 6.45) is 34.9. The Hall–Kier alpha value is -6.39. The number of aliphatic hydroxyl groups is 8. The molecule has 0 bridgehead atoms. The Kier molecular flexibility index (Phi) is 34.6. The number of carbonyl (C=O) groups is 2. The number of amides is 2. The highest BCUT2D eigenvalue weighted by Gasteiger charge is 2.50. The Labute approximate surface area is 675 Å². The van der Waals surface area contributed by atoms with E-state index in [2.05, 4.69) is 167 Å². The number of aliphatic imine (C=N–C) groups is 5. The Bertz CT molecular complexity index is 4140. The van der Waals surface area contributed by atoms with Crippen LogP contribution in [0.4, 0.5) is 0 Å². The highest BCUT2D eigenvalue weighted by molar-refractivity contribution is 7.73. The summed E-state index contributed by atoms with van der Waals surface area (Å²) in [6.45, 7) is 39.7. The van der Waals surface area contributed by atoms with Gasteiger partial charge in [0.1, 0.15) is 108 Å². The molecule has 31 nitrogen and oxygen atoms in total. The third kappa shape index (κ3) is 27.9. The van der Waals surface area contributed by atoms with Crippen molar-refractivity contribution in [3.05, 3.63) is 135 Å². The minimum absolute atomic E-state index is 0.0165. The monoisotopic (exact) mass is 1690 g/mol. The van der Waals surface area contributed by atoms with Crippen molar-refractivity contribution in [1.82, 2.24) is 35.1 Å². The lowest BCUT2D eigenvalue weighted by Crippen LogP contribution is -2.43. The number of amidine groups is 5. The molecule has 638 valence electrons. The Morgan fingerprint density at radius 2 is 0.816 bits per heavy atom. The third-order valence-corrected chi connectivity index (χ3v) is 26.9. The van der Waals surface area contributed by atoms with E-state index in [-0.39, 0.29) is 48.0 Å². The van der Waals surface area contributed by atoms with E-state index in [1.165, 1.54) is 25.9 Å². The van der Waals surface area contributed by atoms with E-state index in [9.17, 15) is 50.4 Å². The van der Waals surface area contributed by atoms with Crippen LogP contribution in [0.2, 0.25) is 0 Å². The summed E-state index contributed by atoms with van der Waals surface area (Å²) in [6, 6.07) is -0.359. The maximum Gasteiger partial charge on any atom is 0.222 e. The van der Waals surface area contributed by atoms with Crippen LogP contribution in [0.25, 0.3) is 0 Å². The average Bonchev–Trinajstić information content (AvgIpc) is 1.55. The molecule has 10 rings (SSSR count). The predicted molar refractivity (Wildman–Crippen MR) is 475 cm³/mol. The first-order chi connectivity index (χ1) is 52.7. The van der Waals surface area contributed by atoms with Gasteiger partial charge < -0.3 is 122 Å². The van der Waals surface area contributed by atoms with Gasteiger partial charge in [-0.25, -0.2) is 25.0 Å². The van der Waals surface area contributed by atoms with Gasteiger partial charge in [0.05, 0.1) is 49.9 Å². The number of nitrogens with zero attached hydrogens (tertiary/aromatic N) is 10. The lowest BCUT2D eigenvalue weighted by molar-refractivity contribution is -0.118. The zero-order chi connectivity index (χ0) is 85.8. The van der Waals surface area contributed by atoms with Crippen LogP contribution in [-0.2, 0) is 38.0 Å². The quantitative estimate of drug-likeness (QED) is 0.0541. The van der Waals surface area contributed by atoms with Gasteiger partial charge in [-0.2, -0.15) is 0 Å². The number of rotatable bonds is 22. The summed E-state index contributed by atoms with van der Waals surface area (Å²) in [5, 5.41) is 87.9. The molecular formula is C78H130N15O16P5. The summed E-state index contributed by atoms with van der Waals surface area (Å²) in [5.41, 5.74) is 17.9. The fraction of sp³-hybridized carbons (Fsp3) is 0.564. The molecule has 5 unspecified atom stereocenters. The summed E-state index contributed by atoms with van der Waals surface area (Å²) in [7, 11) is 3.03. The summed E-state index contributed by atoms with van der Waals surface area (Å²) in [5.74, 6) is 3.80. The van der Waals surface area contributed by atoms with Crippen molar-refractivity contribution in [3.63, 3.8) is 0 Å². The normalized spacial score (nSPS) is 31.0. The molecule has 9 aliphatic heterocycles. The molecule has 0 saturated carbocycles. The number of aliphatic hydroxyl groups excluding tert-OH is 8. The SMILES string of the molecule is C=C1N=C(N)C(OC)=CN1C1O[C@H](CCP(=C)(C)C)[C@@H](O)[C@H]1O.C=C1N=C(N)C=CN1C1C=C(CCP(=C)(C)C)[C@@H](O)[C@H]1O.C=C1N=C(N)C=CN1C1O[C@H](CCP(=C)(C)C)[C@@H](O)[C@H]1C.C=C1N=C(NC(C)=O)C=CN1C1O[C@H](CCP(=C)(C)C)[C@@H](O)[C@H]1O.C=C1N=C(NC(C)=O)C=CN1C1O[C@H](CCP(=C)(C)C)[C@@H](O)[C@H]1OC. The van der Waals surface area contributed by atoms with E-state index in [4.69, 9.17) is 45.6 Å². The highest BCUT2D eigenvalue weighted by Crippen LogP contribution is 2.45. The van der Waals surface area contributed by atoms with Crippen LogP contribution in [0.3, 0.4) is 0 Å². The molecule has 4 saturated heterocycles.